The second kappa shape index (κ2) is 5.09. The van der Waals surface area contributed by atoms with Crippen molar-refractivity contribution in [2.24, 2.45) is 0 Å². The highest BCUT2D eigenvalue weighted by atomic mass is 16.1. The maximum atomic E-state index is 11.4. The molecule has 0 bridgehead atoms. The van der Waals surface area contributed by atoms with Crippen molar-refractivity contribution < 1.29 is 9.59 Å². The first kappa shape index (κ1) is 9.45. The molecule has 1 amide bonds. The van der Waals surface area contributed by atoms with E-state index in [-0.39, 0.29) is 5.78 Å². The molecule has 0 radical (unpaired) electrons. The monoisotopic (exact) mass is 177 g/mol. The van der Waals surface area contributed by atoms with Gasteiger partial charge < -0.3 is 5.32 Å². The Hall–Kier alpha value is -1.64. The number of ketones is 1. The van der Waals surface area contributed by atoms with Crippen molar-refractivity contribution in [3.8, 4) is 0 Å². The molecular formula is C10H11NO2. The van der Waals surface area contributed by atoms with Gasteiger partial charge in [0.1, 0.15) is 0 Å². The SMILES string of the molecule is O=CNCCC(=O)c1ccccc1. The van der Waals surface area contributed by atoms with Crippen LogP contribution >= 0.6 is 0 Å². The van der Waals surface area contributed by atoms with Gasteiger partial charge in [0.25, 0.3) is 0 Å². The summed E-state index contributed by atoms with van der Waals surface area (Å²) in [6.45, 7) is 0.400. The van der Waals surface area contributed by atoms with Gasteiger partial charge in [-0.05, 0) is 0 Å². The summed E-state index contributed by atoms with van der Waals surface area (Å²) < 4.78 is 0. The maximum Gasteiger partial charge on any atom is 0.207 e. The summed E-state index contributed by atoms with van der Waals surface area (Å²) >= 11 is 0. The molecule has 0 saturated heterocycles. The van der Waals surface area contributed by atoms with Crippen LogP contribution in [0.5, 0.6) is 0 Å². The van der Waals surface area contributed by atoms with Gasteiger partial charge >= 0.3 is 0 Å². The predicted molar refractivity (Wildman–Crippen MR) is 49.5 cm³/mol. The van der Waals surface area contributed by atoms with E-state index < -0.39 is 0 Å². The lowest BCUT2D eigenvalue weighted by Crippen LogP contribution is -2.16. The second-order valence-electron chi connectivity index (χ2n) is 2.61. The van der Waals surface area contributed by atoms with E-state index in [1.54, 1.807) is 12.1 Å². The number of carbonyl (C=O) groups excluding carboxylic acids is 2. The normalized spacial score (nSPS) is 9.23. The Bertz CT molecular complexity index is 282. The molecule has 0 heterocycles. The first-order valence-electron chi connectivity index (χ1n) is 4.10. The summed E-state index contributed by atoms with van der Waals surface area (Å²) in [7, 11) is 0. The quantitative estimate of drug-likeness (QED) is 0.414. The van der Waals surface area contributed by atoms with Crippen molar-refractivity contribution in [3.63, 3.8) is 0 Å². The maximum absolute atomic E-state index is 11.4. The van der Waals surface area contributed by atoms with Crippen molar-refractivity contribution in [1.29, 1.82) is 0 Å². The summed E-state index contributed by atoms with van der Waals surface area (Å²) in [5.74, 6) is 0.0509. The van der Waals surface area contributed by atoms with Crippen LogP contribution in [0, 0.1) is 0 Å². The van der Waals surface area contributed by atoms with E-state index >= 15 is 0 Å². The summed E-state index contributed by atoms with van der Waals surface area (Å²) in [5, 5.41) is 2.45. The Balaban J connectivity index is 2.45. The van der Waals surface area contributed by atoms with Crippen LogP contribution in [-0.4, -0.2) is 18.7 Å². The van der Waals surface area contributed by atoms with Gasteiger partial charge in [-0.15, -0.1) is 0 Å². The number of benzene rings is 1. The molecule has 0 saturated carbocycles. The van der Waals surface area contributed by atoms with Gasteiger partial charge in [-0.25, -0.2) is 0 Å². The van der Waals surface area contributed by atoms with Crippen LogP contribution in [0.4, 0.5) is 0 Å². The zero-order valence-corrected chi connectivity index (χ0v) is 7.19. The van der Waals surface area contributed by atoms with Crippen LogP contribution in [0.2, 0.25) is 0 Å². The van der Waals surface area contributed by atoms with Gasteiger partial charge in [-0.1, -0.05) is 30.3 Å². The number of carbonyl (C=O) groups is 2. The Morgan fingerprint density at radius 3 is 2.62 bits per heavy atom. The highest BCUT2D eigenvalue weighted by Gasteiger charge is 2.02. The van der Waals surface area contributed by atoms with Crippen LogP contribution in [0.25, 0.3) is 0 Å². The molecule has 0 aliphatic heterocycles. The number of rotatable bonds is 5. The van der Waals surface area contributed by atoms with Gasteiger partial charge in [0.2, 0.25) is 6.41 Å². The molecule has 1 aromatic rings. The lowest BCUT2D eigenvalue weighted by atomic mass is 10.1. The number of Topliss-reactive ketones (excluding diaryl/α,β-unsaturated/α-hetero) is 1. The highest BCUT2D eigenvalue weighted by molar-refractivity contribution is 5.96. The Labute approximate surface area is 76.8 Å². The largest absolute Gasteiger partial charge is 0.358 e. The smallest absolute Gasteiger partial charge is 0.207 e. The molecule has 3 nitrogen and oxygen atoms in total. The lowest BCUT2D eigenvalue weighted by Gasteiger charge is -1.99. The fourth-order valence-electron chi connectivity index (χ4n) is 1.01. The minimum Gasteiger partial charge on any atom is -0.358 e. The third-order valence-electron chi connectivity index (χ3n) is 1.68. The molecule has 13 heavy (non-hydrogen) atoms. The molecule has 1 aromatic carbocycles. The van der Waals surface area contributed by atoms with Crippen molar-refractivity contribution in [2.75, 3.05) is 6.54 Å². The van der Waals surface area contributed by atoms with Crippen LogP contribution in [-0.2, 0) is 4.79 Å². The van der Waals surface area contributed by atoms with Crippen LogP contribution < -0.4 is 5.32 Å². The standard InChI is InChI=1S/C10H11NO2/c12-8-11-7-6-10(13)9-4-2-1-3-5-9/h1-5,8H,6-7H2,(H,11,12). The van der Waals surface area contributed by atoms with E-state index in [9.17, 15) is 9.59 Å². The third kappa shape index (κ3) is 3.07. The average Bonchev–Trinajstić information content (AvgIpc) is 2.19. The Morgan fingerprint density at radius 1 is 1.31 bits per heavy atom. The van der Waals surface area contributed by atoms with Crippen LogP contribution in [0.15, 0.2) is 30.3 Å². The molecule has 0 spiro atoms. The van der Waals surface area contributed by atoms with Crippen LogP contribution in [0.3, 0.4) is 0 Å². The van der Waals surface area contributed by atoms with Gasteiger partial charge in [-0.3, -0.25) is 9.59 Å². The summed E-state index contributed by atoms with van der Waals surface area (Å²) in [4.78, 5) is 21.3. The zero-order valence-electron chi connectivity index (χ0n) is 7.19. The summed E-state index contributed by atoms with van der Waals surface area (Å²) in [5.41, 5.74) is 0.690. The molecule has 0 atom stereocenters. The van der Waals surface area contributed by atoms with Gasteiger partial charge in [0, 0.05) is 18.5 Å². The zero-order chi connectivity index (χ0) is 9.52. The third-order valence-corrected chi connectivity index (χ3v) is 1.68. The lowest BCUT2D eigenvalue weighted by molar-refractivity contribution is -0.109. The Morgan fingerprint density at radius 2 is 2.00 bits per heavy atom. The number of nitrogens with one attached hydrogen (secondary N) is 1. The van der Waals surface area contributed by atoms with Crippen molar-refractivity contribution in [3.05, 3.63) is 35.9 Å². The van der Waals surface area contributed by atoms with E-state index in [0.717, 1.165) is 0 Å². The first-order chi connectivity index (χ1) is 6.34. The van der Waals surface area contributed by atoms with Crippen LogP contribution in [0.1, 0.15) is 16.8 Å². The minimum atomic E-state index is 0.0509. The van der Waals surface area contributed by atoms with Crippen molar-refractivity contribution >= 4 is 12.2 Å². The minimum absolute atomic E-state index is 0.0509. The molecule has 0 aromatic heterocycles. The molecule has 0 fully saturated rings. The topological polar surface area (TPSA) is 46.2 Å². The molecule has 1 rings (SSSR count). The van der Waals surface area contributed by atoms with Gasteiger partial charge in [0.15, 0.2) is 5.78 Å². The molecular weight excluding hydrogens is 166 g/mol. The summed E-state index contributed by atoms with van der Waals surface area (Å²) in [6.07, 6.45) is 0.945. The van der Waals surface area contributed by atoms with E-state index in [2.05, 4.69) is 5.32 Å². The second-order valence-corrected chi connectivity index (χ2v) is 2.61. The fourth-order valence-corrected chi connectivity index (χ4v) is 1.01. The van der Waals surface area contributed by atoms with E-state index in [1.807, 2.05) is 18.2 Å². The summed E-state index contributed by atoms with van der Waals surface area (Å²) in [6, 6.07) is 9.04. The first-order valence-corrected chi connectivity index (χ1v) is 4.10. The molecule has 0 aliphatic rings. The van der Waals surface area contributed by atoms with Gasteiger partial charge in [-0.2, -0.15) is 0 Å². The van der Waals surface area contributed by atoms with E-state index in [0.29, 0.717) is 24.9 Å². The number of hydrogen-bond acceptors (Lipinski definition) is 2. The average molecular weight is 177 g/mol. The molecule has 3 heteroatoms. The van der Waals surface area contributed by atoms with Gasteiger partial charge in [0.05, 0.1) is 0 Å². The highest BCUT2D eigenvalue weighted by Crippen LogP contribution is 2.01. The predicted octanol–water partition coefficient (Wildman–Crippen LogP) is 1.01. The molecule has 0 unspecified atom stereocenters. The molecule has 1 N–H and O–H groups in total. The van der Waals surface area contributed by atoms with E-state index in [4.69, 9.17) is 0 Å². The van der Waals surface area contributed by atoms with Crippen molar-refractivity contribution in [2.45, 2.75) is 6.42 Å². The number of amides is 1. The number of hydrogen-bond donors (Lipinski definition) is 1. The fraction of sp³-hybridized carbons (Fsp3) is 0.200. The van der Waals surface area contributed by atoms with Crippen molar-refractivity contribution in [1.82, 2.24) is 5.32 Å². The molecule has 68 valence electrons. The molecule has 0 aliphatic carbocycles. The van der Waals surface area contributed by atoms with E-state index in [1.165, 1.54) is 0 Å². The Kier molecular flexibility index (Phi) is 3.70.